The van der Waals surface area contributed by atoms with Crippen molar-refractivity contribution in [2.45, 2.75) is 62.3 Å². The van der Waals surface area contributed by atoms with Crippen LogP contribution in [0.15, 0.2) is 53.4 Å². The summed E-state index contributed by atoms with van der Waals surface area (Å²) in [5.41, 5.74) is 2.04. The molecule has 2 aromatic carbocycles. The third-order valence-electron chi connectivity index (χ3n) is 7.19. The summed E-state index contributed by atoms with van der Waals surface area (Å²) in [6.45, 7) is 2.79. The summed E-state index contributed by atoms with van der Waals surface area (Å²) >= 11 is 1.71. The average Bonchev–Trinajstić information content (AvgIpc) is 3.29. The molecule has 2 aliphatic rings. The number of carbonyl (C=O) groups excluding carboxylic acids is 1. The van der Waals surface area contributed by atoms with Gasteiger partial charge in [-0.05, 0) is 56.9 Å². The van der Waals surface area contributed by atoms with Gasteiger partial charge in [-0.25, -0.2) is 13.4 Å². The minimum Gasteiger partial charge on any atom is -0.353 e. The van der Waals surface area contributed by atoms with E-state index in [1.54, 1.807) is 27.8 Å². The van der Waals surface area contributed by atoms with Crippen LogP contribution in [0.2, 0.25) is 0 Å². The van der Waals surface area contributed by atoms with Crippen molar-refractivity contribution in [2.24, 2.45) is 5.92 Å². The summed E-state index contributed by atoms with van der Waals surface area (Å²) < 4.78 is 28.7. The smallest absolute Gasteiger partial charge is 0.243 e. The molecule has 180 valence electrons. The quantitative estimate of drug-likeness (QED) is 0.547. The van der Waals surface area contributed by atoms with Gasteiger partial charge in [-0.15, -0.1) is 11.3 Å². The number of sulfonamides is 1. The molecule has 0 bridgehead atoms. The first-order valence-electron chi connectivity index (χ1n) is 12.1. The van der Waals surface area contributed by atoms with Crippen molar-refractivity contribution in [2.75, 3.05) is 13.1 Å². The molecule has 1 aliphatic carbocycles. The first kappa shape index (κ1) is 23.5. The van der Waals surface area contributed by atoms with E-state index >= 15 is 0 Å². The van der Waals surface area contributed by atoms with E-state index in [0.717, 1.165) is 41.8 Å². The van der Waals surface area contributed by atoms with Crippen molar-refractivity contribution < 1.29 is 13.2 Å². The highest BCUT2D eigenvalue weighted by Crippen LogP contribution is 2.41. The Balaban J connectivity index is 1.22. The number of amides is 1. The lowest BCUT2D eigenvalue weighted by Gasteiger charge is -2.34. The van der Waals surface area contributed by atoms with Gasteiger partial charge in [-0.3, -0.25) is 4.79 Å². The van der Waals surface area contributed by atoms with Crippen LogP contribution in [0.3, 0.4) is 0 Å². The van der Waals surface area contributed by atoms with Gasteiger partial charge in [-0.1, -0.05) is 42.7 Å². The molecule has 0 spiro atoms. The molecule has 8 heteroatoms. The fraction of sp³-hybridized carbons (Fsp3) is 0.462. The fourth-order valence-corrected chi connectivity index (χ4v) is 7.83. The number of rotatable bonds is 5. The van der Waals surface area contributed by atoms with Crippen LogP contribution in [0.5, 0.6) is 0 Å². The van der Waals surface area contributed by atoms with E-state index in [1.165, 1.54) is 4.70 Å². The van der Waals surface area contributed by atoms with E-state index in [-0.39, 0.29) is 23.8 Å². The van der Waals surface area contributed by atoms with Gasteiger partial charge in [0.05, 0.1) is 20.1 Å². The predicted octanol–water partition coefficient (Wildman–Crippen LogP) is 4.85. The number of piperidine rings is 1. The van der Waals surface area contributed by atoms with E-state index in [1.807, 2.05) is 37.3 Å². The van der Waals surface area contributed by atoms with Crippen LogP contribution in [0.1, 0.15) is 55.0 Å². The van der Waals surface area contributed by atoms with Crippen molar-refractivity contribution in [1.82, 2.24) is 14.6 Å². The highest BCUT2D eigenvalue weighted by atomic mass is 32.2. The summed E-state index contributed by atoms with van der Waals surface area (Å²) in [6, 6.07) is 15.2. The number of nitrogens with one attached hydrogen (secondary N) is 1. The van der Waals surface area contributed by atoms with Gasteiger partial charge in [0, 0.05) is 31.0 Å². The minimum absolute atomic E-state index is 0.00918. The number of aromatic nitrogens is 1. The molecule has 1 aromatic heterocycles. The molecule has 0 radical (unpaired) electrons. The minimum atomic E-state index is -3.50. The van der Waals surface area contributed by atoms with Crippen molar-refractivity contribution in [1.29, 1.82) is 0 Å². The van der Waals surface area contributed by atoms with E-state index in [9.17, 15) is 13.2 Å². The second-order valence-corrected chi connectivity index (χ2v) is 12.5. The molecule has 2 atom stereocenters. The molecule has 1 amide bonds. The molecule has 34 heavy (non-hydrogen) atoms. The largest absolute Gasteiger partial charge is 0.353 e. The number of hydrogen-bond donors (Lipinski definition) is 1. The van der Waals surface area contributed by atoms with Crippen molar-refractivity contribution in [3.63, 3.8) is 0 Å². The third kappa shape index (κ3) is 4.76. The molecule has 5 rings (SSSR count). The monoisotopic (exact) mass is 497 g/mol. The molecular weight excluding hydrogens is 466 g/mol. The highest BCUT2D eigenvalue weighted by Gasteiger charge is 2.36. The maximum absolute atomic E-state index is 13.3. The number of aryl methyl sites for hydroxylation is 1. The zero-order chi connectivity index (χ0) is 23.7. The lowest BCUT2D eigenvalue weighted by Crippen LogP contribution is -2.48. The normalized spacial score (nSPS) is 22.6. The molecule has 2 fully saturated rings. The van der Waals surface area contributed by atoms with Crippen molar-refractivity contribution in [3.8, 4) is 0 Å². The lowest BCUT2D eigenvalue weighted by molar-refractivity contribution is -0.127. The van der Waals surface area contributed by atoms with Crippen molar-refractivity contribution in [3.05, 3.63) is 59.1 Å². The van der Waals surface area contributed by atoms with Crippen molar-refractivity contribution >= 4 is 37.5 Å². The maximum atomic E-state index is 13.3. The van der Waals surface area contributed by atoms with Crippen LogP contribution in [0.25, 0.3) is 10.2 Å². The fourth-order valence-electron chi connectivity index (χ4n) is 5.20. The van der Waals surface area contributed by atoms with Gasteiger partial charge in [0.25, 0.3) is 0 Å². The molecule has 2 unspecified atom stereocenters. The Morgan fingerprint density at radius 2 is 1.71 bits per heavy atom. The first-order valence-corrected chi connectivity index (χ1v) is 14.4. The molecule has 2 heterocycles. The molecule has 1 N–H and O–H groups in total. The number of carbonyl (C=O) groups is 1. The molecular formula is C26H31N3O3S2. The van der Waals surface area contributed by atoms with Gasteiger partial charge >= 0.3 is 0 Å². The first-order chi connectivity index (χ1) is 16.4. The number of benzene rings is 2. The topological polar surface area (TPSA) is 79.4 Å². The Bertz CT molecular complexity index is 1230. The van der Waals surface area contributed by atoms with E-state index in [2.05, 4.69) is 11.4 Å². The van der Waals surface area contributed by atoms with E-state index in [0.29, 0.717) is 30.8 Å². The number of para-hydroxylation sites is 1. The number of fused-ring (bicyclic) bond motifs is 1. The lowest BCUT2D eigenvalue weighted by atomic mass is 9.78. The van der Waals surface area contributed by atoms with E-state index < -0.39 is 10.0 Å². The second-order valence-electron chi connectivity index (χ2n) is 9.52. The Hall–Kier alpha value is -2.29. The van der Waals surface area contributed by atoms with Gasteiger partial charge in [0.1, 0.15) is 0 Å². The number of hydrogen-bond acceptors (Lipinski definition) is 5. The standard InChI is InChI=1S/C26H31N3O3S2/c1-18-10-12-20(13-11-18)34(31,32)29-16-14-19(15-17-29)27-25(30)21-6-2-3-7-22(21)26-28-23-8-4-5-9-24(23)33-26/h4-5,8-13,19,21-22H,2-3,6-7,14-17H2,1H3,(H,27,30). The average molecular weight is 498 g/mol. The van der Waals surface area contributed by atoms with Gasteiger partial charge in [-0.2, -0.15) is 4.31 Å². The zero-order valence-corrected chi connectivity index (χ0v) is 21.1. The van der Waals surface area contributed by atoms with Crippen LogP contribution in [-0.2, 0) is 14.8 Å². The zero-order valence-electron chi connectivity index (χ0n) is 19.4. The summed E-state index contributed by atoms with van der Waals surface area (Å²) in [6.07, 6.45) is 5.33. The van der Waals surface area contributed by atoms with Gasteiger partial charge in [0.2, 0.25) is 15.9 Å². The van der Waals surface area contributed by atoms with Crippen LogP contribution in [-0.4, -0.2) is 42.7 Å². The van der Waals surface area contributed by atoms with Crippen LogP contribution in [0, 0.1) is 12.8 Å². The summed E-state index contributed by atoms with van der Waals surface area (Å²) in [4.78, 5) is 18.5. The Kier molecular flexibility index (Phi) is 6.73. The van der Waals surface area contributed by atoms with Gasteiger partial charge in [0.15, 0.2) is 0 Å². The second kappa shape index (κ2) is 9.76. The molecule has 3 aromatic rings. The molecule has 1 saturated heterocycles. The Morgan fingerprint density at radius 1 is 1.00 bits per heavy atom. The summed E-state index contributed by atoms with van der Waals surface area (Å²) in [7, 11) is -3.50. The van der Waals surface area contributed by atoms with Gasteiger partial charge < -0.3 is 5.32 Å². The predicted molar refractivity (Wildman–Crippen MR) is 135 cm³/mol. The molecule has 1 saturated carbocycles. The van der Waals surface area contributed by atoms with Crippen LogP contribution >= 0.6 is 11.3 Å². The summed E-state index contributed by atoms with van der Waals surface area (Å²) in [5.74, 6) is 0.195. The Labute approximate surface area is 205 Å². The highest BCUT2D eigenvalue weighted by molar-refractivity contribution is 7.89. The number of nitrogens with zero attached hydrogens (tertiary/aromatic N) is 2. The number of thiazole rings is 1. The SMILES string of the molecule is Cc1ccc(S(=O)(=O)N2CCC(NC(=O)C3CCCCC3c3nc4ccccc4s3)CC2)cc1. The van der Waals surface area contributed by atoms with E-state index in [4.69, 9.17) is 4.98 Å². The third-order valence-corrected chi connectivity index (χ3v) is 10.3. The van der Waals surface area contributed by atoms with Crippen LogP contribution in [0.4, 0.5) is 0 Å². The maximum Gasteiger partial charge on any atom is 0.243 e. The van der Waals surface area contributed by atoms with Crippen LogP contribution < -0.4 is 5.32 Å². The Morgan fingerprint density at radius 3 is 2.44 bits per heavy atom. The molecule has 1 aliphatic heterocycles. The molecule has 6 nitrogen and oxygen atoms in total. The summed E-state index contributed by atoms with van der Waals surface area (Å²) in [5, 5.41) is 4.33.